The molecule has 1 aliphatic rings. The maximum Gasteiger partial charge on any atom is 0.143 e. The topological polar surface area (TPSA) is 26.3 Å². The van der Waals surface area contributed by atoms with Gasteiger partial charge in [-0.2, -0.15) is 0 Å². The predicted molar refractivity (Wildman–Crippen MR) is 67.9 cm³/mol. The Labute approximate surface area is 103 Å². The van der Waals surface area contributed by atoms with E-state index in [1.165, 1.54) is 5.56 Å². The lowest BCUT2D eigenvalue weighted by atomic mass is 9.68. The molecule has 0 amide bonds. The first-order valence-corrected chi connectivity index (χ1v) is 6.29. The van der Waals surface area contributed by atoms with Crippen LogP contribution in [-0.4, -0.2) is 18.5 Å². The molecule has 0 bridgehead atoms. The van der Waals surface area contributed by atoms with Crippen LogP contribution in [0, 0.1) is 5.41 Å². The highest BCUT2D eigenvalue weighted by Crippen LogP contribution is 2.38. The number of ether oxygens (including phenoxy) is 1. The maximum absolute atomic E-state index is 11.3. The molecule has 2 nitrogen and oxygen atoms in total. The van der Waals surface area contributed by atoms with Crippen molar-refractivity contribution in [1.82, 2.24) is 0 Å². The minimum absolute atomic E-state index is 0.130. The first-order chi connectivity index (χ1) is 8.10. The van der Waals surface area contributed by atoms with Gasteiger partial charge in [0.05, 0.1) is 11.5 Å². The molecule has 1 unspecified atom stereocenters. The van der Waals surface area contributed by atoms with Gasteiger partial charge in [0.15, 0.2) is 0 Å². The molecule has 0 N–H and O–H groups in total. The molecule has 2 heteroatoms. The number of carbonyl (C=O) groups is 1. The van der Waals surface area contributed by atoms with Crippen LogP contribution in [0.2, 0.25) is 0 Å². The number of aryl methyl sites for hydroxylation is 1. The van der Waals surface area contributed by atoms with Gasteiger partial charge in [0.2, 0.25) is 0 Å². The largest absolute Gasteiger partial charge is 0.377 e. The van der Waals surface area contributed by atoms with Crippen LogP contribution in [0.1, 0.15) is 32.3 Å². The number of carbonyl (C=O) groups excluding carboxylic acids is 1. The number of Topliss-reactive ketones (excluding diaryl/α,β-unsaturated/α-hetero) is 1. The summed E-state index contributed by atoms with van der Waals surface area (Å²) in [6.07, 6.45) is 2.79. The zero-order valence-electron chi connectivity index (χ0n) is 10.6. The molecule has 0 heterocycles. The van der Waals surface area contributed by atoms with Crippen LogP contribution in [0.3, 0.4) is 0 Å². The van der Waals surface area contributed by atoms with E-state index >= 15 is 0 Å². The van der Waals surface area contributed by atoms with E-state index in [-0.39, 0.29) is 11.5 Å². The number of hydrogen-bond donors (Lipinski definition) is 0. The Balaban J connectivity index is 1.66. The molecular weight excluding hydrogens is 212 g/mol. The molecule has 1 aromatic carbocycles. The van der Waals surface area contributed by atoms with Crippen molar-refractivity contribution < 1.29 is 9.53 Å². The Morgan fingerprint density at radius 1 is 1.29 bits per heavy atom. The van der Waals surface area contributed by atoms with Crippen molar-refractivity contribution in [3.63, 3.8) is 0 Å². The summed E-state index contributed by atoms with van der Waals surface area (Å²) in [5.74, 6) is 0.325. The zero-order chi connectivity index (χ0) is 12.3. The lowest BCUT2D eigenvalue weighted by Gasteiger charge is -2.41. The summed E-state index contributed by atoms with van der Waals surface area (Å²) in [7, 11) is 0. The van der Waals surface area contributed by atoms with Crippen molar-refractivity contribution in [2.45, 2.75) is 39.2 Å². The molecule has 1 atom stereocenters. The zero-order valence-corrected chi connectivity index (χ0v) is 10.6. The van der Waals surface area contributed by atoms with E-state index in [1.54, 1.807) is 0 Å². The minimum Gasteiger partial charge on any atom is -0.377 e. The highest BCUT2D eigenvalue weighted by Gasteiger charge is 2.47. The number of rotatable bonds is 5. The van der Waals surface area contributed by atoms with E-state index in [0.717, 1.165) is 19.4 Å². The van der Waals surface area contributed by atoms with Crippen LogP contribution < -0.4 is 0 Å². The van der Waals surface area contributed by atoms with Gasteiger partial charge in [-0.25, -0.2) is 0 Å². The molecule has 0 aromatic heterocycles. The lowest BCUT2D eigenvalue weighted by molar-refractivity contribution is -0.158. The molecule has 1 fully saturated rings. The normalized spacial score (nSPS) is 22.2. The number of ketones is 1. The maximum atomic E-state index is 11.3. The Kier molecular flexibility index (Phi) is 3.63. The van der Waals surface area contributed by atoms with Gasteiger partial charge in [0.25, 0.3) is 0 Å². The van der Waals surface area contributed by atoms with Crippen molar-refractivity contribution >= 4 is 5.78 Å². The third-order valence-electron chi connectivity index (χ3n) is 3.67. The van der Waals surface area contributed by atoms with Gasteiger partial charge >= 0.3 is 0 Å². The number of benzene rings is 1. The molecule has 1 aliphatic carbocycles. The molecule has 0 spiro atoms. The fourth-order valence-corrected chi connectivity index (χ4v) is 2.15. The van der Waals surface area contributed by atoms with Gasteiger partial charge in [-0.05, 0) is 18.4 Å². The van der Waals surface area contributed by atoms with E-state index in [1.807, 2.05) is 19.9 Å². The monoisotopic (exact) mass is 232 g/mol. The van der Waals surface area contributed by atoms with E-state index in [0.29, 0.717) is 12.2 Å². The van der Waals surface area contributed by atoms with Gasteiger partial charge in [-0.1, -0.05) is 44.2 Å². The first-order valence-electron chi connectivity index (χ1n) is 6.29. The highest BCUT2D eigenvalue weighted by molar-refractivity contribution is 5.91. The fourth-order valence-electron chi connectivity index (χ4n) is 2.15. The molecule has 0 aliphatic heterocycles. The summed E-state index contributed by atoms with van der Waals surface area (Å²) >= 11 is 0. The van der Waals surface area contributed by atoms with Crippen molar-refractivity contribution in [3.05, 3.63) is 35.9 Å². The molecule has 1 saturated carbocycles. The molecule has 2 rings (SSSR count). The van der Waals surface area contributed by atoms with Gasteiger partial charge in [-0.15, -0.1) is 0 Å². The minimum atomic E-state index is -0.257. The van der Waals surface area contributed by atoms with Crippen LogP contribution in [0.25, 0.3) is 0 Å². The van der Waals surface area contributed by atoms with Gasteiger partial charge < -0.3 is 4.74 Å². The number of hydrogen-bond acceptors (Lipinski definition) is 2. The summed E-state index contributed by atoms with van der Waals surface area (Å²) < 4.78 is 5.76. The van der Waals surface area contributed by atoms with Crippen molar-refractivity contribution in [2.24, 2.45) is 5.41 Å². The van der Waals surface area contributed by atoms with Gasteiger partial charge in [0.1, 0.15) is 5.78 Å². The van der Waals surface area contributed by atoms with Crippen LogP contribution in [-0.2, 0) is 16.0 Å². The SMILES string of the molecule is CC1(C)C(=O)CC1OCCCc1ccccc1. The second-order valence-corrected chi connectivity index (χ2v) is 5.30. The second kappa shape index (κ2) is 5.01. The summed E-state index contributed by atoms with van der Waals surface area (Å²) in [6.45, 7) is 4.69. The van der Waals surface area contributed by atoms with E-state index in [9.17, 15) is 4.79 Å². The van der Waals surface area contributed by atoms with E-state index < -0.39 is 0 Å². The molecular formula is C15H20O2. The smallest absolute Gasteiger partial charge is 0.143 e. The quantitative estimate of drug-likeness (QED) is 0.729. The molecule has 17 heavy (non-hydrogen) atoms. The average Bonchev–Trinajstić information content (AvgIpc) is 2.34. The predicted octanol–water partition coefficient (Wildman–Crippen LogP) is 3.00. The van der Waals surface area contributed by atoms with Gasteiger partial charge in [0, 0.05) is 13.0 Å². The summed E-state index contributed by atoms with van der Waals surface area (Å²) in [5.41, 5.74) is 1.09. The highest BCUT2D eigenvalue weighted by atomic mass is 16.5. The average molecular weight is 232 g/mol. The summed E-state index contributed by atoms with van der Waals surface area (Å²) in [6, 6.07) is 10.4. The standard InChI is InChI=1S/C15H20O2/c1-15(2)13(16)11-14(15)17-10-6-9-12-7-4-3-5-8-12/h3-5,7-8,14H,6,9-11H2,1-2H3. The fraction of sp³-hybridized carbons (Fsp3) is 0.533. The van der Waals surface area contributed by atoms with Crippen LogP contribution in [0.4, 0.5) is 0 Å². The first kappa shape index (κ1) is 12.3. The Bertz CT molecular complexity index is 381. The van der Waals surface area contributed by atoms with E-state index in [4.69, 9.17) is 4.74 Å². The van der Waals surface area contributed by atoms with Gasteiger partial charge in [-0.3, -0.25) is 4.79 Å². The van der Waals surface area contributed by atoms with Crippen molar-refractivity contribution in [3.8, 4) is 0 Å². The Morgan fingerprint density at radius 2 is 2.00 bits per heavy atom. The lowest BCUT2D eigenvalue weighted by Crippen LogP contribution is -2.51. The molecule has 0 saturated heterocycles. The van der Waals surface area contributed by atoms with Crippen molar-refractivity contribution in [2.75, 3.05) is 6.61 Å². The Morgan fingerprint density at radius 3 is 2.59 bits per heavy atom. The third-order valence-corrected chi connectivity index (χ3v) is 3.67. The molecule has 1 aromatic rings. The van der Waals surface area contributed by atoms with E-state index in [2.05, 4.69) is 24.3 Å². The summed E-state index contributed by atoms with van der Waals surface area (Å²) in [4.78, 5) is 11.3. The Hall–Kier alpha value is -1.15. The second-order valence-electron chi connectivity index (χ2n) is 5.30. The van der Waals surface area contributed by atoms with Crippen molar-refractivity contribution in [1.29, 1.82) is 0 Å². The van der Waals surface area contributed by atoms with Crippen LogP contribution >= 0.6 is 0 Å². The molecule has 92 valence electrons. The van der Waals surface area contributed by atoms with Crippen LogP contribution in [0.5, 0.6) is 0 Å². The third kappa shape index (κ3) is 2.75. The molecule has 0 radical (unpaired) electrons. The van der Waals surface area contributed by atoms with Crippen LogP contribution in [0.15, 0.2) is 30.3 Å². The summed E-state index contributed by atoms with van der Waals surface area (Å²) in [5, 5.41) is 0.